The van der Waals surface area contributed by atoms with Crippen molar-refractivity contribution in [1.29, 1.82) is 0 Å². The van der Waals surface area contributed by atoms with Crippen LogP contribution in [0.15, 0.2) is 6.07 Å². The number of aromatic nitrogens is 2. The quantitative estimate of drug-likeness (QED) is 0.849. The van der Waals surface area contributed by atoms with Gasteiger partial charge in [-0.3, -0.25) is 4.79 Å². The summed E-state index contributed by atoms with van der Waals surface area (Å²) in [5.41, 5.74) is 0.710. The van der Waals surface area contributed by atoms with E-state index in [9.17, 15) is 9.90 Å². The minimum atomic E-state index is -0.897. The van der Waals surface area contributed by atoms with E-state index in [1.165, 1.54) is 7.11 Å². The van der Waals surface area contributed by atoms with E-state index in [4.69, 9.17) is 4.74 Å². The lowest BCUT2D eigenvalue weighted by Crippen LogP contribution is -2.17. The highest BCUT2D eigenvalue weighted by Gasteiger charge is 2.24. The normalized spacial score (nSPS) is 12.5. The maximum Gasteiger partial charge on any atom is 0.314 e. The molecule has 5 nitrogen and oxygen atoms in total. The first-order valence-electron chi connectivity index (χ1n) is 5.56. The molecule has 0 radical (unpaired) electrons. The lowest BCUT2D eigenvalue weighted by molar-refractivity contribution is -0.139. The molecule has 1 heterocycles. The van der Waals surface area contributed by atoms with E-state index in [0.29, 0.717) is 23.8 Å². The molecule has 0 fully saturated rings. The number of ether oxygens (including phenoxy) is 1. The van der Waals surface area contributed by atoms with Crippen LogP contribution in [0.1, 0.15) is 37.7 Å². The number of hydrogen-bond acceptors (Lipinski definition) is 4. The molecule has 0 aliphatic heterocycles. The number of carboxylic acids is 1. The van der Waals surface area contributed by atoms with Gasteiger partial charge in [-0.2, -0.15) is 4.98 Å². The fourth-order valence-corrected chi connectivity index (χ4v) is 1.61. The first-order valence-corrected chi connectivity index (χ1v) is 5.56. The first-order chi connectivity index (χ1) is 7.93. The number of aliphatic carboxylic acids is 1. The van der Waals surface area contributed by atoms with Crippen LogP contribution in [0.2, 0.25) is 0 Å². The van der Waals surface area contributed by atoms with Gasteiger partial charge in [-0.05, 0) is 19.3 Å². The van der Waals surface area contributed by atoms with Crippen LogP contribution in [-0.4, -0.2) is 28.2 Å². The van der Waals surface area contributed by atoms with Crippen LogP contribution in [0.25, 0.3) is 0 Å². The summed E-state index contributed by atoms with van der Waals surface area (Å²) in [5, 5.41) is 9.21. The Kier molecular flexibility index (Phi) is 4.43. The predicted molar refractivity (Wildman–Crippen MR) is 63.2 cm³/mol. The van der Waals surface area contributed by atoms with Gasteiger partial charge in [0, 0.05) is 11.8 Å². The predicted octanol–water partition coefficient (Wildman–Crippen LogP) is 2.01. The summed E-state index contributed by atoms with van der Waals surface area (Å²) in [4.78, 5) is 19.5. The topological polar surface area (TPSA) is 72.3 Å². The molecule has 5 heteroatoms. The standard InChI is InChI=1S/C12H18N2O3/c1-7(2)5-9(12(15)16)11-13-8(3)6-10(14-11)17-4/h6-7,9H,5H2,1-4H3,(H,15,16). The molecule has 0 aliphatic rings. The molecule has 1 atom stereocenters. The number of aryl methyl sites for hydroxylation is 1. The highest BCUT2D eigenvalue weighted by Crippen LogP contribution is 2.23. The third kappa shape index (κ3) is 3.69. The average molecular weight is 238 g/mol. The average Bonchev–Trinajstić information content (AvgIpc) is 2.24. The molecular weight excluding hydrogens is 220 g/mol. The highest BCUT2D eigenvalue weighted by molar-refractivity contribution is 5.74. The van der Waals surface area contributed by atoms with Crippen molar-refractivity contribution in [3.05, 3.63) is 17.6 Å². The largest absolute Gasteiger partial charge is 0.481 e. The Morgan fingerprint density at radius 1 is 1.47 bits per heavy atom. The van der Waals surface area contributed by atoms with E-state index in [2.05, 4.69) is 9.97 Å². The van der Waals surface area contributed by atoms with Gasteiger partial charge in [-0.15, -0.1) is 0 Å². The fraction of sp³-hybridized carbons (Fsp3) is 0.583. The van der Waals surface area contributed by atoms with Crippen LogP contribution in [-0.2, 0) is 4.79 Å². The summed E-state index contributed by atoms with van der Waals surface area (Å²) < 4.78 is 5.03. The summed E-state index contributed by atoms with van der Waals surface area (Å²) >= 11 is 0. The van der Waals surface area contributed by atoms with Crippen LogP contribution in [0, 0.1) is 12.8 Å². The van der Waals surface area contributed by atoms with Gasteiger partial charge in [-0.25, -0.2) is 4.98 Å². The molecule has 17 heavy (non-hydrogen) atoms. The van der Waals surface area contributed by atoms with Crippen LogP contribution in [0.5, 0.6) is 5.88 Å². The summed E-state index contributed by atoms with van der Waals surface area (Å²) in [6.07, 6.45) is 0.516. The third-order valence-electron chi connectivity index (χ3n) is 2.37. The van der Waals surface area contributed by atoms with Crippen molar-refractivity contribution in [2.75, 3.05) is 7.11 Å². The molecule has 1 aromatic heterocycles. The van der Waals surface area contributed by atoms with Crippen LogP contribution >= 0.6 is 0 Å². The highest BCUT2D eigenvalue weighted by atomic mass is 16.5. The lowest BCUT2D eigenvalue weighted by Gasteiger charge is -2.14. The molecule has 0 amide bonds. The molecule has 0 aromatic carbocycles. The van der Waals surface area contributed by atoms with Gasteiger partial charge in [0.15, 0.2) is 0 Å². The number of hydrogen-bond donors (Lipinski definition) is 1. The molecular formula is C12H18N2O3. The Hall–Kier alpha value is -1.65. The molecule has 1 rings (SSSR count). The van der Waals surface area contributed by atoms with Gasteiger partial charge in [-0.1, -0.05) is 13.8 Å². The van der Waals surface area contributed by atoms with Crippen LogP contribution < -0.4 is 4.74 Å². The summed E-state index contributed by atoms with van der Waals surface area (Å²) in [5.74, 6) is -0.577. The van der Waals surface area contributed by atoms with E-state index in [1.807, 2.05) is 13.8 Å². The molecule has 0 spiro atoms. The second-order valence-electron chi connectivity index (χ2n) is 4.43. The Morgan fingerprint density at radius 3 is 2.59 bits per heavy atom. The van der Waals surface area contributed by atoms with Gasteiger partial charge < -0.3 is 9.84 Å². The van der Waals surface area contributed by atoms with Crippen molar-refractivity contribution in [3.63, 3.8) is 0 Å². The number of nitrogens with zero attached hydrogens (tertiary/aromatic N) is 2. The number of carbonyl (C=O) groups is 1. The van der Waals surface area contributed by atoms with Crippen molar-refractivity contribution in [2.45, 2.75) is 33.1 Å². The van der Waals surface area contributed by atoms with Gasteiger partial charge in [0.25, 0.3) is 0 Å². The number of methoxy groups -OCH3 is 1. The maximum absolute atomic E-state index is 11.2. The Labute approximate surface area is 101 Å². The van der Waals surface area contributed by atoms with E-state index < -0.39 is 11.9 Å². The second kappa shape index (κ2) is 5.61. The molecule has 1 N–H and O–H groups in total. The van der Waals surface area contributed by atoms with Crippen molar-refractivity contribution in [2.24, 2.45) is 5.92 Å². The Balaban J connectivity index is 3.09. The fourth-order valence-electron chi connectivity index (χ4n) is 1.61. The van der Waals surface area contributed by atoms with Gasteiger partial charge in [0.1, 0.15) is 11.7 Å². The molecule has 1 aromatic rings. The monoisotopic (exact) mass is 238 g/mol. The summed E-state index contributed by atoms with van der Waals surface area (Å²) in [7, 11) is 1.50. The summed E-state index contributed by atoms with van der Waals surface area (Å²) in [6.45, 7) is 5.74. The van der Waals surface area contributed by atoms with E-state index in [1.54, 1.807) is 13.0 Å². The zero-order valence-corrected chi connectivity index (χ0v) is 10.6. The first kappa shape index (κ1) is 13.4. The third-order valence-corrected chi connectivity index (χ3v) is 2.37. The van der Waals surface area contributed by atoms with Crippen LogP contribution in [0.3, 0.4) is 0 Å². The second-order valence-corrected chi connectivity index (χ2v) is 4.43. The number of carboxylic acid groups (broad SMARTS) is 1. The lowest BCUT2D eigenvalue weighted by atomic mass is 9.96. The van der Waals surface area contributed by atoms with E-state index >= 15 is 0 Å². The van der Waals surface area contributed by atoms with Crippen molar-refractivity contribution in [1.82, 2.24) is 9.97 Å². The Morgan fingerprint density at radius 2 is 2.12 bits per heavy atom. The molecule has 94 valence electrons. The van der Waals surface area contributed by atoms with Crippen molar-refractivity contribution < 1.29 is 14.6 Å². The minimum absolute atomic E-state index is 0.270. The van der Waals surface area contributed by atoms with E-state index in [-0.39, 0.29) is 5.92 Å². The van der Waals surface area contributed by atoms with Crippen molar-refractivity contribution >= 4 is 5.97 Å². The Bertz CT molecular complexity index is 405. The van der Waals surface area contributed by atoms with Gasteiger partial charge in [0.05, 0.1) is 7.11 Å². The molecule has 0 saturated heterocycles. The van der Waals surface area contributed by atoms with Crippen LogP contribution in [0.4, 0.5) is 0 Å². The maximum atomic E-state index is 11.2. The van der Waals surface area contributed by atoms with Crippen molar-refractivity contribution in [3.8, 4) is 5.88 Å². The molecule has 0 saturated carbocycles. The van der Waals surface area contributed by atoms with Gasteiger partial charge in [0.2, 0.25) is 5.88 Å². The smallest absolute Gasteiger partial charge is 0.314 e. The van der Waals surface area contributed by atoms with Gasteiger partial charge >= 0.3 is 5.97 Å². The minimum Gasteiger partial charge on any atom is -0.481 e. The zero-order valence-electron chi connectivity index (χ0n) is 10.6. The SMILES string of the molecule is COc1cc(C)nc(C(CC(C)C)C(=O)O)n1. The molecule has 0 bridgehead atoms. The molecule has 1 unspecified atom stereocenters. The van der Waals surface area contributed by atoms with E-state index in [0.717, 1.165) is 0 Å². The zero-order chi connectivity index (χ0) is 13.0. The number of rotatable bonds is 5. The summed E-state index contributed by atoms with van der Waals surface area (Å²) in [6, 6.07) is 1.68. The molecule has 0 aliphatic carbocycles.